The number of rotatable bonds is 3. The molecule has 3 N–H and O–H groups in total. The van der Waals surface area contributed by atoms with Gasteiger partial charge in [-0.25, -0.2) is 0 Å². The third-order valence-electron chi connectivity index (χ3n) is 3.73. The third kappa shape index (κ3) is 2.79. The molecule has 0 unspecified atom stereocenters. The van der Waals surface area contributed by atoms with Crippen molar-refractivity contribution in [3.8, 4) is 0 Å². The first kappa shape index (κ1) is 13.8. The van der Waals surface area contributed by atoms with Crippen LogP contribution in [0.25, 0.3) is 10.1 Å². The van der Waals surface area contributed by atoms with Crippen LogP contribution in [0.2, 0.25) is 0 Å². The lowest BCUT2D eigenvalue weighted by Crippen LogP contribution is -2.30. The maximum atomic E-state index is 12.3. The predicted octanol–water partition coefficient (Wildman–Crippen LogP) is 3.36. The van der Waals surface area contributed by atoms with Gasteiger partial charge in [-0.2, -0.15) is 11.8 Å². The first-order valence-corrected chi connectivity index (χ1v) is 8.86. The number of nitrogens with one attached hydrogen (secondary N) is 1. The van der Waals surface area contributed by atoms with Gasteiger partial charge >= 0.3 is 0 Å². The number of thioether (sulfide) groups is 1. The zero-order valence-electron chi connectivity index (χ0n) is 11.2. The van der Waals surface area contributed by atoms with Crippen LogP contribution in [0.3, 0.4) is 0 Å². The molecule has 0 radical (unpaired) electrons. The quantitative estimate of drug-likeness (QED) is 0.914. The molecule has 2 aromatic rings. The molecule has 1 aliphatic rings. The molecule has 2 heterocycles. The fraction of sp³-hybridized carbons (Fsp3) is 0.400. The molecule has 1 saturated heterocycles. The normalized spacial score (nSPS) is 16.4. The Labute approximate surface area is 126 Å². The zero-order valence-corrected chi connectivity index (χ0v) is 12.9. The second-order valence-electron chi connectivity index (χ2n) is 5.11. The molecule has 1 aliphatic heterocycles. The van der Waals surface area contributed by atoms with Crippen molar-refractivity contribution in [2.24, 2.45) is 5.92 Å². The summed E-state index contributed by atoms with van der Waals surface area (Å²) in [5.41, 5.74) is 6.71. The summed E-state index contributed by atoms with van der Waals surface area (Å²) in [5, 5.41) is 4.04. The fourth-order valence-corrected chi connectivity index (χ4v) is 4.75. The summed E-state index contributed by atoms with van der Waals surface area (Å²) in [7, 11) is 0. The van der Waals surface area contributed by atoms with E-state index in [1.165, 1.54) is 35.7 Å². The Kier molecular flexibility index (Phi) is 4.17. The number of hydrogen-bond donors (Lipinski definition) is 2. The molecule has 0 aliphatic carbocycles. The topological polar surface area (TPSA) is 55.1 Å². The molecule has 0 bridgehead atoms. The van der Waals surface area contributed by atoms with Crippen LogP contribution >= 0.6 is 23.1 Å². The van der Waals surface area contributed by atoms with Crippen LogP contribution < -0.4 is 11.1 Å². The molecule has 3 rings (SSSR count). The highest BCUT2D eigenvalue weighted by Crippen LogP contribution is 2.33. The minimum absolute atomic E-state index is 0.0260. The van der Waals surface area contributed by atoms with Gasteiger partial charge in [0, 0.05) is 16.6 Å². The zero-order chi connectivity index (χ0) is 13.9. The van der Waals surface area contributed by atoms with Gasteiger partial charge in [-0.05, 0) is 36.3 Å². The van der Waals surface area contributed by atoms with Crippen LogP contribution in [0, 0.1) is 5.92 Å². The maximum absolute atomic E-state index is 12.3. The van der Waals surface area contributed by atoms with E-state index in [9.17, 15) is 4.79 Å². The Morgan fingerprint density at radius 3 is 2.80 bits per heavy atom. The van der Waals surface area contributed by atoms with Gasteiger partial charge in [-0.3, -0.25) is 4.79 Å². The van der Waals surface area contributed by atoms with Gasteiger partial charge < -0.3 is 11.1 Å². The van der Waals surface area contributed by atoms with E-state index in [-0.39, 0.29) is 5.91 Å². The highest BCUT2D eigenvalue weighted by molar-refractivity contribution is 7.99. The average molecular weight is 306 g/mol. The standard InChI is InChI=1S/C15H18N2OS2/c16-13-11-3-1-2-4-12(11)20-14(13)15(18)17-9-10-5-7-19-8-6-10/h1-4,10H,5-9,16H2,(H,17,18). The minimum atomic E-state index is -0.0260. The van der Waals surface area contributed by atoms with E-state index in [1.807, 2.05) is 36.0 Å². The van der Waals surface area contributed by atoms with Crippen molar-refractivity contribution in [1.29, 1.82) is 0 Å². The van der Waals surface area contributed by atoms with E-state index in [1.54, 1.807) is 0 Å². The van der Waals surface area contributed by atoms with Crippen LogP contribution in [0.1, 0.15) is 22.5 Å². The van der Waals surface area contributed by atoms with Gasteiger partial charge in [0.2, 0.25) is 0 Å². The molecule has 1 amide bonds. The molecular formula is C15H18N2OS2. The number of carbonyl (C=O) groups is 1. The number of nitrogens with two attached hydrogens (primary N) is 1. The number of benzene rings is 1. The predicted molar refractivity (Wildman–Crippen MR) is 88.6 cm³/mol. The van der Waals surface area contributed by atoms with Crippen LogP contribution in [0.15, 0.2) is 24.3 Å². The molecule has 0 spiro atoms. The fourth-order valence-electron chi connectivity index (χ4n) is 2.50. The number of thiophene rings is 1. The number of carbonyl (C=O) groups excluding carboxylic acids is 1. The van der Waals surface area contributed by atoms with E-state index in [4.69, 9.17) is 5.73 Å². The molecule has 1 aromatic carbocycles. The molecule has 0 saturated carbocycles. The Morgan fingerprint density at radius 1 is 1.30 bits per heavy atom. The Morgan fingerprint density at radius 2 is 2.05 bits per heavy atom. The third-order valence-corrected chi connectivity index (χ3v) is 5.97. The number of amides is 1. The highest BCUT2D eigenvalue weighted by atomic mass is 32.2. The number of nitrogen functional groups attached to an aromatic ring is 1. The average Bonchev–Trinajstić information content (AvgIpc) is 2.84. The maximum Gasteiger partial charge on any atom is 0.263 e. The second-order valence-corrected chi connectivity index (χ2v) is 7.38. The number of hydrogen-bond acceptors (Lipinski definition) is 4. The molecule has 20 heavy (non-hydrogen) atoms. The lowest BCUT2D eigenvalue weighted by molar-refractivity contribution is 0.0951. The molecule has 5 heteroatoms. The van der Waals surface area contributed by atoms with Gasteiger partial charge in [-0.1, -0.05) is 18.2 Å². The summed E-state index contributed by atoms with van der Waals surface area (Å²) in [6, 6.07) is 7.90. The molecule has 106 valence electrons. The van der Waals surface area contributed by atoms with Crippen molar-refractivity contribution in [1.82, 2.24) is 5.32 Å². The molecule has 3 nitrogen and oxygen atoms in total. The first-order valence-electron chi connectivity index (χ1n) is 6.88. The largest absolute Gasteiger partial charge is 0.397 e. The molecule has 0 atom stereocenters. The van der Waals surface area contributed by atoms with Crippen LogP contribution in [0.4, 0.5) is 5.69 Å². The van der Waals surface area contributed by atoms with E-state index >= 15 is 0 Å². The summed E-state index contributed by atoms with van der Waals surface area (Å²) in [6.07, 6.45) is 2.40. The monoisotopic (exact) mass is 306 g/mol. The SMILES string of the molecule is Nc1c(C(=O)NCC2CCSCC2)sc2ccccc12. The Balaban J connectivity index is 1.70. The van der Waals surface area contributed by atoms with Gasteiger partial charge in [0.25, 0.3) is 5.91 Å². The van der Waals surface area contributed by atoms with Gasteiger partial charge in [0.15, 0.2) is 0 Å². The van der Waals surface area contributed by atoms with Crippen molar-refractivity contribution < 1.29 is 4.79 Å². The minimum Gasteiger partial charge on any atom is -0.397 e. The van der Waals surface area contributed by atoms with Gasteiger partial charge in [0.1, 0.15) is 4.88 Å². The first-order chi connectivity index (χ1) is 9.75. The van der Waals surface area contributed by atoms with E-state index in [0.717, 1.165) is 16.6 Å². The van der Waals surface area contributed by atoms with Crippen molar-refractivity contribution in [3.05, 3.63) is 29.1 Å². The van der Waals surface area contributed by atoms with Crippen LogP contribution in [0.5, 0.6) is 0 Å². The summed E-state index contributed by atoms with van der Waals surface area (Å²) in [5.74, 6) is 3.02. The summed E-state index contributed by atoms with van der Waals surface area (Å²) >= 11 is 3.48. The van der Waals surface area contributed by atoms with Crippen LogP contribution in [-0.4, -0.2) is 24.0 Å². The molecule has 1 aromatic heterocycles. The van der Waals surface area contributed by atoms with Crippen molar-refractivity contribution in [2.75, 3.05) is 23.8 Å². The van der Waals surface area contributed by atoms with Gasteiger partial charge in [-0.15, -0.1) is 11.3 Å². The van der Waals surface area contributed by atoms with Crippen molar-refractivity contribution in [2.45, 2.75) is 12.8 Å². The smallest absolute Gasteiger partial charge is 0.263 e. The Hall–Kier alpha value is -1.20. The molecular weight excluding hydrogens is 288 g/mol. The van der Waals surface area contributed by atoms with E-state index in [0.29, 0.717) is 16.5 Å². The molecule has 1 fully saturated rings. The Bertz CT molecular complexity index is 617. The summed E-state index contributed by atoms with van der Waals surface area (Å²) in [4.78, 5) is 12.9. The summed E-state index contributed by atoms with van der Waals surface area (Å²) in [6.45, 7) is 0.771. The van der Waals surface area contributed by atoms with E-state index < -0.39 is 0 Å². The number of fused-ring (bicyclic) bond motifs is 1. The van der Waals surface area contributed by atoms with Crippen LogP contribution in [-0.2, 0) is 0 Å². The van der Waals surface area contributed by atoms with Gasteiger partial charge in [0.05, 0.1) is 5.69 Å². The number of anilines is 1. The lowest BCUT2D eigenvalue weighted by atomic mass is 10.0. The van der Waals surface area contributed by atoms with E-state index in [2.05, 4.69) is 5.32 Å². The van der Waals surface area contributed by atoms with Crippen molar-refractivity contribution in [3.63, 3.8) is 0 Å². The lowest BCUT2D eigenvalue weighted by Gasteiger charge is -2.21. The van der Waals surface area contributed by atoms with Crippen molar-refractivity contribution >= 4 is 44.8 Å². The highest BCUT2D eigenvalue weighted by Gasteiger charge is 2.18. The summed E-state index contributed by atoms with van der Waals surface area (Å²) < 4.78 is 1.07. The second kappa shape index (κ2) is 6.06.